The molecule has 12 heavy (non-hydrogen) atoms. The lowest BCUT2D eigenvalue weighted by Crippen LogP contribution is -2.35. The SMILES string of the molecule is CCNC(CCN(C)C)COC. The van der Waals surface area contributed by atoms with E-state index in [1.165, 1.54) is 0 Å². The molecule has 0 bridgehead atoms. The van der Waals surface area contributed by atoms with Crippen LogP contribution in [0.15, 0.2) is 0 Å². The smallest absolute Gasteiger partial charge is 0.0616 e. The molecule has 1 N–H and O–H groups in total. The van der Waals surface area contributed by atoms with Crippen molar-refractivity contribution in [3.05, 3.63) is 0 Å². The van der Waals surface area contributed by atoms with Crippen molar-refractivity contribution < 1.29 is 4.74 Å². The topological polar surface area (TPSA) is 24.5 Å². The summed E-state index contributed by atoms with van der Waals surface area (Å²) < 4.78 is 5.11. The van der Waals surface area contributed by atoms with Crippen molar-refractivity contribution in [2.75, 3.05) is 40.9 Å². The van der Waals surface area contributed by atoms with E-state index in [-0.39, 0.29) is 0 Å². The first-order valence-corrected chi connectivity index (χ1v) is 4.57. The maximum Gasteiger partial charge on any atom is 0.0616 e. The zero-order chi connectivity index (χ0) is 9.40. The van der Waals surface area contributed by atoms with Gasteiger partial charge in [0.15, 0.2) is 0 Å². The highest BCUT2D eigenvalue weighted by atomic mass is 16.5. The van der Waals surface area contributed by atoms with Crippen LogP contribution in [0.1, 0.15) is 13.3 Å². The average Bonchev–Trinajstić information content (AvgIpc) is 2.01. The van der Waals surface area contributed by atoms with Crippen molar-refractivity contribution in [2.45, 2.75) is 19.4 Å². The Labute approximate surface area is 76.1 Å². The van der Waals surface area contributed by atoms with Gasteiger partial charge in [-0.1, -0.05) is 6.92 Å². The molecule has 0 aliphatic heterocycles. The van der Waals surface area contributed by atoms with Gasteiger partial charge < -0.3 is 15.0 Å². The fourth-order valence-corrected chi connectivity index (χ4v) is 1.15. The Balaban J connectivity index is 3.48. The van der Waals surface area contributed by atoms with Gasteiger partial charge in [-0.25, -0.2) is 0 Å². The Hall–Kier alpha value is -0.120. The molecule has 0 amide bonds. The molecule has 0 spiro atoms. The maximum atomic E-state index is 5.11. The van der Waals surface area contributed by atoms with E-state index in [9.17, 15) is 0 Å². The number of likely N-dealkylation sites (N-methyl/N-ethyl adjacent to an activating group) is 1. The number of hydrogen-bond donors (Lipinski definition) is 1. The first-order valence-electron chi connectivity index (χ1n) is 4.57. The molecule has 0 saturated heterocycles. The molecule has 3 nitrogen and oxygen atoms in total. The average molecular weight is 174 g/mol. The summed E-state index contributed by atoms with van der Waals surface area (Å²) >= 11 is 0. The first kappa shape index (κ1) is 11.9. The lowest BCUT2D eigenvalue weighted by Gasteiger charge is -2.18. The molecule has 0 fully saturated rings. The monoisotopic (exact) mass is 174 g/mol. The van der Waals surface area contributed by atoms with Crippen LogP contribution in [0.5, 0.6) is 0 Å². The van der Waals surface area contributed by atoms with Gasteiger partial charge in [0.25, 0.3) is 0 Å². The third kappa shape index (κ3) is 6.58. The van der Waals surface area contributed by atoms with E-state index in [1.54, 1.807) is 7.11 Å². The van der Waals surface area contributed by atoms with Gasteiger partial charge in [-0.15, -0.1) is 0 Å². The second-order valence-corrected chi connectivity index (χ2v) is 3.30. The number of methoxy groups -OCH3 is 1. The van der Waals surface area contributed by atoms with Crippen LogP contribution in [0.4, 0.5) is 0 Å². The van der Waals surface area contributed by atoms with Crippen molar-refractivity contribution >= 4 is 0 Å². The molecule has 0 radical (unpaired) electrons. The molecule has 0 rings (SSSR count). The van der Waals surface area contributed by atoms with Crippen molar-refractivity contribution in [3.8, 4) is 0 Å². The van der Waals surface area contributed by atoms with Crippen molar-refractivity contribution in [1.29, 1.82) is 0 Å². The van der Waals surface area contributed by atoms with Crippen LogP contribution in [0.25, 0.3) is 0 Å². The van der Waals surface area contributed by atoms with Gasteiger partial charge in [-0.3, -0.25) is 0 Å². The molecule has 0 aromatic rings. The zero-order valence-electron chi connectivity index (χ0n) is 8.76. The number of nitrogens with one attached hydrogen (secondary N) is 1. The van der Waals surface area contributed by atoms with Crippen LogP contribution >= 0.6 is 0 Å². The van der Waals surface area contributed by atoms with Gasteiger partial charge in [0, 0.05) is 13.2 Å². The molecule has 1 unspecified atom stereocenters. The van der Waals surface area contributed by atoms with E-state index in [0.29, 0.717) is 6.04 Å². The van der Waals surface area contributed by atoms with Crippen LogP contribution in [0, 0.1) is 0 Å². The van der Waals surface area contributed by atoms with E-state index in [2.05, 4.69) is 31.2 Å². The molecule has 0 aliphatic carbocycles. The molecule has 0 heterocycles. The maximum absolute atomic E-state index is 5.11. The largest absolute Gasteiger partial charge is 0.383 e. The van der Waals surface area contributed by atoms with E-state index >= 15 is 0 Å². The quantitative estimate of drug-likeness (QED) is 0.610. The van der Waals surface area contributed by atoms with Crippen LogP contribution in [0.2, 0.25) is 0 Å². The highest BCUT2D eigenvalue weighted by Gasteiger charge is 2.05. The molecule has 0 aliphatic rings. The summed E-state index contributed by atoms with van der Waals surface area (Å²) in [6.45, 7) is 5.06. The molecule has 1 atom stereocenters. The first-order chi connectivity index (χ1) is 5.70. The minimum atomic E-state index is 0.502. The predicted octanol–water partition coefficient (Wildman–Crippen LogP) is 0.563. The highest BCUT2D eigenvalue weighted by Crippen LogP contribution is 1.93. The second kappa shape index (κ2) is 7.53. The lowest BCUT2D eigenvalue weighted by atomic mass is 10.2. The molecule has 0 aromatic carbocycles. The van der Waals surface area contributed by atoms with E-state index in [1.807, 2.05) is 0 Å². The van der Waals surface area contributed by atoms with Gasteiger partial charge in [0.2, 0.25) is 0 Å². The molecule has 74 valence electrons. The minimum absolute atomic E-state index is 0.502. The molecular formula is C9H22N2O. The van der Waals surface area contributed by atoms with Gasteiger partial charge in [0.1, 0.15) is 0 Å². The number of nitrogens with zero attached hydrogens (tertiary/aromatic N) is 1. The molecular weight excluding hydrogens is 152 g/mol. The van der Waals surface area contributed by atoms with E-state index in [4.69, 9.17) is 4.74 Å². The predicted molar refractivity (Wildman–Crippen MR) is 52.5 cm³/mol. The van der Waals surface area contributed by atoms with Gasteiger partial charge >= 0.3 is 0 Å². The summed E-state index contributed by atoms with van der Waals surface area (Å²) in [5.41, 5.74) is 0. The Kier molecular flexibility index (Phi) is 7.45. The van der Waals surface area contributed by atoms with Gasteiger partial charge in [-0.2, -0.15) is 0 Å². The van der Waals surface area contributed by atoms with Gasteiger partial charge in [-0.05, 0) is 33.6 Å². The van der Waals surface area contributed by atoms with Crippen molar-refractivity contribution in [2.24, 2.45) is 0 Å². The third-order valence-electron chi connectivity index (χ3n) is 1.79. The lowest BCUT2D eigenvalue weighted by molar-refractivity contribution is 0.158. The fourth-order valence-electron chi connectivity index (χ4n) is 1.15. The molecule has 0 aromatic heterocycles. The standard InChI is InChI=1S/C9H22N2O/c1-5-10-9(8-12-4)6-7-11(2)3/h9-10H,5-8H2,1-4H3. The van der Waals surface area contributed by atoms with Gasteiger partial charge in [0.05, 0.1) is 6.61 Å². The summed E-state index contributed by atoms with van der Waals surface area (Å²) in [6, 6.07) is 0.502. The Bertz CT molecular complexity index is 90.5. The Morgan fingerprint density at radius 1 is 1.42 bits per heavy atom. The Morgan fingerprint density at radius 2 is 2.08 bits per heavy atom. The highest BCUT2D eigenvalue weighted by molar-refractivity contribution is 4.65. The number of hydrogen-bond acceptors (Lipinski definition) is 3. The van der Waals surface area contributed by atoms with Crippen molar-refractivity contribution in [3.63, 3.8) is 0 Å². The summed E-state index contributed by atoms with van der Waals surface area (Å²) in [7, 11) is 5.94. The normalized spacial score (nSPS) is 13.8. The fraction of sp³-hybridized carbons (Fsp3) is 1.00. The van der Waals surface area contributed by atoms with Crippen LogP contribution in [0.3, 0.4) is 0 Å². The summed E-state index contributed by atoms with van der Waals surface area (Å²) in [4.78, 5) is 2.19. The molecule has 3 heteroatoms. The van der Waals surface area contributed by atoms with E-state index < -0.39 is 0 Å². The second-order valence-electron chi connectivity index (χ2n) is 3.30. The summed E-state index contributed by atoms with van der Waals surface area (Å²) in [6.07, 6.45) is 1.15. The number of ether oxygens (including phenoxy) is 1. The minimum Gasteiger partial charge on any atom is -0.383 e. The van der Waals surface area contributed by atoms with Crippen LogP contribution < -0.4 is 5.32 Å². The Morgan fingerprint density at radius 3 is 2.50 bits per heavy atom. The van der Waals surface area contributed by atoms with Crippen LogP contribution in [-0.2, 0) is 4.74 Å². The third-order valence-corrected chi connectivity index (χ3v) is 1.79. The zero-order valence-corrected chi connectivity index (χ0v) is 8.76. The van der Waals surface area contributed by atoms with E-state index in [0.717, 1.165) is 26.1 Å². The van der Waals surface area contributed by atoms with Crippen molar-refractivity contribution in [1.82, 2.24) is 10.2 Å². The van der Waals surface area contributed by atoms with Crippen LogP contribution in [-0.4, -0.2) is 51.8 Å². The summed E-state index contributed by atoms with van der Waals surface area (Å²) in [5, 5.41) is 3.39. The summed E-state index contributed by atoms with van der Waals surface area (Å²) in [5.74, 6) is 0. The molecule has 0 saturated carbocycles. The number of rotatable bonds is 7.